The molecule has 34 heavy (non-hydrogen) atoms. The zero-order chi connectivity index (χ0) is 23.9. The van der Waals surface area contributed by atoms with Gasteiger partial charge in [-0.1, -0.05) is 6.08 Å². The molecule has 4 rings (SSSR count). The maximum Gasteiger partial charge on any atom is 0.237 e. The van der Waals surface area contributed by atoms with Gasteiger partial charge in [0.2, 0.25) is 5.91 Å². The van der Waals surface area contributed by atoms with Crippen LogP contribution in [0.25, 0.3) is 0 Å². The van der Waals surface area contributed by atoms with Crippen LogP contribution in [-0.2, 0) is 16.0 Å². The highest BCUT2D eigenvalue weighted by Crippen LogP contribution is 2.35. The molecule has 0 spiro atoms. The number of hydrogen-bond acceptors (Lipinski definition) is 7. The van der Waals surface area contributed by atoms with Crippen molar-refractivity contribution in [2.24, 2.45) is 0 Å². The van der Waals surface area contributed by atoms with Gasteiger partial charge in [-0.05, 0) is 60.5 Å². The lowest BCUT2D eigenvalue weighted by Gasteiger charge is -2.37. The van der Waals surface area contributed by atoms with Gasteiger partial charge in [0.05, 0.1) is 39.0 Å². The summed E-state index contributed by atoms with van der Waals surface area (Å²) in [6, 6.07) is 9.83. The highest BCUT2D eigenvalue weighted by molar-refractivity contribution is 7.10. The largest absolute Gasteiger partial charge is 0.497 e. The number of ether oxygens (including phenoxy) is 3. The average molecular weight is 487 g/mol. The predicted octanol–water partition coefficient (Wildman–Crippen LogP) is 3.29. The number of hydrogen-bond donors (Lipinski definition) is 1. The molecule has 0 bridgehead atoms. The van der Waals surface area contributed by atoms with Crippen molar-refractivity contribution in [3.05, 3.63) is 58.8 Å². The summed E-state index contributed by atoms with van der Waals surface area (Å²) in [7, 11) is 1.64. The predicted molar refractivity (Wildman–Crippen MR) is 133 cm³/mol. The van der Waals surface area contributed by atoms with Crippen LogP contribution < -0.4 is 9.47 Å². The van der Waals surface area contributed by atoms with Gasteiger partial charge in [-0.15, -0.1) is 17.9 Å². The van der Waals surface area contributed by atoms with Crippen molar-refractivity contribution in [3.63, 3.8) is 0 Å². The molecule has 1 N–H and O–H groups in total. The molecule has 2 atom stereocenters. The van der Waals surface area contributed by atoms with E-state index in [-0.39, 0.29) is 18.6 Å². The standard InChI is InChI=1S/C26H34N2O5S/c1-3-13-32-17-20(29)15-27(19-4-5-19)16-26(30)28-12-10-25-23(11-14-34-25)24(28)18-33-22-8-6-21(31-2)7-9-22/h3,6-9,11,14,19-20,24,29H,1,4-5,10,12-13,15-18H2,2H3/t20-,24-/m1/s1. The highest BCUT2D eigenvalue weighted by Gasteiger charge is 2.36. The van der Waals surface area contributed by atoms with E-state index in [1.54, 1.807) is 24.5 Å². The number of benzene rings is 1. The number of rotatable bonds is 13. The van der Waals surface area contributed by atoms with Crippen LogP contribution in [0, 0.1) is 0 Å². The Labute approximate surface area is 205 Å². The number of amides is 1. The second-order valence-electron chi connectivity index (χ2n) is 8.78. The van der Waals surface area contributed by atoms with Crippen LogP contribution >= 0.6 is 11.3 Å². The van der Waals surface area contributed by atoms with Gasteiger partial charge in [0, 0.05) is 24.0 Å². The Bertz CT molecular complexity index is 943. The highest BCUT2D eigenvalue weighted by atomic mass is 32.1. The third-order valence-corrected chi connectivity index (χ3v) is 7.27. The minimum Gasteiger partial charge on any atom is -0.497 e. The molecule has 2 aliphatic rings. The summed E-state index contributed by atoms with van der Waals surface area (Å²) >= 11 is 1.74. The van der Waals surface area contributed by atoms with E-state index >= 15 is 0 Å². The third-order valence-electron chi connectivity index (χ3n) is 6.28. The molecule has 1 aromatic carbocycles. The van der Waals surface area contributed by atoms with Crippen LogP contribution in [0.3, 0.4) is 0 Å². The summed E-state index contributed by atoms with van der Waals surface area (Å²) in [6.07, 6.45) is 4.02. The number of aliphatic hydroxyl groups excluding tert-OH is 1. The van der Waals surface area contributed by atoms with Gasteiger partial charge < -0.3 is 24.2 Å². The molecular weight excluding hydrogens is 452 g/mol. The Kier molecular flexibility index (Phi) is 8.61. The molecule has 0 unspecified atom stereocenters. The SMILES string of the molecule is C=CCOC[C@H](O)CN(CC(=O)N1CCc2sccc2[C@H]1COc1ccc(OC)cc1)C1CC1. The Morgan fingerprint density at radius 1 is 1.29 bits per heavy atom. The Hall–Kier alpha value is -2.39. The van der Waals surface area contributed by atoms with Gasteiger partial charge in [-0.3, -0.25) is 9.69 Å². The number of fused-ring (bicyclic) bond motifs is 1. The van der Waals surface area contributed by atoms with Crippen molar-refractivity contribution in [1.29, 1.82) is 0 Å². The minimum absolute atomic E-state index is 0.0753. The van der Waals surface area contributed by atoms with Crippen LogP contribution in [-0.4, -0.2) is 79.5 Å². The number of carbonyl (C=O) groups excluding carboxylic acids is 1. The fraction of sp³-hybridized carbons (Fsp3) is 0.500. The van der Waals surface area contributed by atoms with Crippen LogP contribution in [0.15, 0.2) is 48.4 Å². The quantitative estimate of drug-likeness (QED) is 0.346. The van der Waals surface area contributed by atoms with Crippen molar-refractivity contribution >= 4 is 17.2 Å². The summed E-state index contributed by atoms with van der Waals surface area (Å²) in [5.41, 5.74) is 1.17. The van der Waals surface area contributed by atoms with Crippen LogP contribution in [0.4, 0.5) is 0 Å². The van der Waals surface area contributed by atoms with Crippen molar-refractivity contribution in [3.8, 4) is 11.5 Å². The number of thiophene rings is 1. The van der Waals surface area contributed by atoms with Crippen molar-refractivity contribution in [2.75, 3.05) is 46.6 Å². The maximum absolute atomic E-state index is 13.5. The molecule has 184 valence electrons. The molecule has 7 nitrogen and oxygen atoms in total. The van der Waals surface area contributed by atoms with Crippen LogP contribution in [0.2, 0.25) is 0 Å². The molecule has 1 aromatic heterocycles. The van der Waals surface area contributed by atoms with E-state index in [1.165, 1.54) is 10.4 Å². The number of nitrogens with zero attached hydrogens (tertiary/aromatic N) is 2. The van der Waals surface area contributed by atoms with Gasteiger partial charge in [0.1, 0.15) is 18.1 Å². The zero-order valence-corrected chi connectivity index (χ0v) is 20.5. The lowest BCUT2D eigenvalue weighted by Crippen LogP contribution is -2.48. The second kappa shape index (κ2) is 11.8. The first-order valence-corrected chi connectivity index (χ1v) is 12.7. The molecule has 8 heteroatoms. The van der Waals surface area contributed by atoms with E-state index in [4.69, 9.17) is 14.2 Å². The molecule has 2 aromatic rings. The average Bonchev–Trinajstić information content (AvgIpc) is 3.59. The van der Waals surface area contributed by atoms with E-state index in [1.807, 2.05) is 29.2 Å². The number of aliphatic hydroxyl groups is 1. The number of methoxy groups -OCH3 is 1. The molecule has 0 saturated heterocycles. The first-order valence-electron chi connectivity index (χ1n) is 11.8. The van der Waals surface area contributed by atoms with Gasteiger partial charge in [-0.25, -0.2) is 0 Å². The van der Waals surface area contributed by atoms with Crippen molar-refractivity contribution < 1.29 is 24.1 Å². The molecule has 1 aliphatic heterocycles. The van der Waals surface area contributed by atoms with E-state index in [0.29, 0.717) is 38.9 Å². The smallest absolute Gasteiger partial charge is 0.237 e. The zero-order valence-electron chi connectivity index (χ0n) is 19.7. The van der Waals surface area contributed by atoms with Crippen LogP contribution in [0.5, 0.6) is 11.5 Å². The summed E-state index contributed by atoms with van der Waals surface area (Å²) < 4.78 is 16.7. The van der Waals surface area contributed by atoms with Gasteiger partial charge >= 0.3 is 0 Å². The second-order valence-corrected chi connectivity index (χ2v) is 9.78. The van der Waals surface area contributed by atoms with Crippen molar-refractivity contribution in [1.82, 2.24) is 9.80 Å². The molecule has 1 saturated carbocycles. The normalized spacial score (nSPS) is 18.4. The third kappa shape index (κ3) is 6.39. The van der Waals surface area contributed by atoms with Crippen LogP contribution in [0.1, 0.15) is 29.3 Å². The fourth-order valence-corrected chi connectivity index (χ4v) is 5.31. The summed E-state index contributed by atoms with van der Waals surface area (Å²) in [5.74, 6) is 1.60. The van der Waals surface area contributed by atoms with Gasteiger partial charge in [0.15, 0.2) is 0 Å². The Balaban J connectivity index is 1.41. The topological polar surface area (TPSA) is 71.5 Å². The molecule has 0 radical (unpaired) electrons. The first kappa shape index (κ1) is 24.7. The molecular formula is C26H34N2O5S. The minimum atomic E-state index is -0.632. The molecule has 1 aliphatic carbocycles. The molecule has 1 fully saturated rings. The van der Waals surface area contributed by atoms with E-state index in [2.05, 4.69) is 22.9 Å². The molecule has 1 amide bonds. The summed E-state index contributed by atoms with van der Waals surface area (Å²) in [6.45, 7) is 6.06. The lowest BCUT2D eigenvalue weighted by atomic mass is 10.0. The van der Waals surface area contributed by atoms with Crippen molar-refractivity contribution in [2.45, 2.75) is 37.5 Å². The summed E-state index contributed by atoms with van der Waals surface area (Å²) in [4.78, 5) is 18.9. The monoisotopic (exact) mass is 486 g/mol. The van der Waals surface area contributed by atoms with Gasteiger partial charge in [-0.2, -0.15) is 0 Å². The Morgan fingerprint density at radius 2 is 2.06 bits per heavy atom. The van der Waals surface area contributed by atoms with E-state index < -0.39 is 6.10 Å². The first-order chi connectivity index (χ1) is 16.6. The lowest BCUT2D eigenvalue weighted by molar-refractivity contribution is -0.136. The summed E-state index contributed by atoms with van der Waals surface area (Å²) in [5, 5.41) is 12.5. The Morgan fingerprint density at radius 3 is 2.76 bits per heavy atom. The van der Waals surface area contributed by atoms with E-state index in [0.717, 1.165) is 30.8 Å². The van der Waals surface area contributed by atoms with Gasteiger partial charge in [0.25, 0.3) is 0 Å². The maximum atomic E-state index is 13.5. The fourth-order valence-electron chi connectivity index (χ4n) is 4.38. The molecule has 2 heterocycles. The van der Waals surface area contributed by atoms with E-state index in [9.17, 15) is 9.90 Å². The number of carbonyl (C=O) groups is 1.